The van der Waals surface area contributed by atoms with Gasteiger partial charge >= 0.3 is 0 Å². The summed E-state index contributed by atoms with van der Waals surface area (Å²) in [5.41, 5.74) is 11.6. The van der Waals surface area contributed by atoms with Crippen molar-refractivity contribution in [1.82, 2.24) is 93.3 Å². The van der Waals surface area contributed by atoms with Gasteiger partial charge in [0.2, 0.25) is 17.6 Å². The number of anilines is 3. The minimum atomic E-state index is -0.556. The van der Waals surface area contributed by atoms with E-state index in [0.29, 0.717) is 72.6 Å². The predicted octanol–water partition coefficient (Wildman–Crippen LogP) is 7.68. The Bertz CT molecular complexity index is 4850. The highest BCUT2D eigenvalue weighted by molar-refractivity contribution is 5.80. The van der Waals surface area contributed by atoms with Crippen LogP contribution in [0.3, 0.4) is 0 Å². The number of nitrogens with zero attached hydrogens (tertiary/aromatic N) is 22. The zero-order valence-corrected chi connectivity index (χ0v) is 63.0. The van der Waals surface area contributed by atoms with Crippen LogP contribution in [0.15, 0.2) is 166 Å². The largest absolute Gasteiger partial charge is 0.492 e. The number of aliphatic hydroxyl groups is 2. The Kier molecular flexibility index (Phi) is 21.1. The van der Waals surface area contributed by atoms with Crippen LogP contribution in [0, 0.1) is 11.8 Å². The van der Waals surface area contributed by atoms with E-state index in [1.165, 1.54) is 35.9 Å². The SMILES string of the molecule is COc1ccc(CN2C3CC2CN(c2ccc(-c4cc(OCC5CC(O)C5)cn5ncnc45)cn2)C3)cn1.COc1ccc(CN2C3CC2CN(c2ccc(-c4cc(OCC5CN(C)C5)cn5ncnc45)cn2)C3)cn1.COc1ccc(CN2CCN(c3ccc(-c4cc(OC[C@@H](C)O)cn5ncnc45)cn3)CC2)cn1. The zero-order valence-electron chi connectivity index (χ0n) is 63.0. The van der Waals surface area contributed by atoms with Gasteiger partial charge in [0.1, 0.15) is 60.3 Å². The molecule has 20 heterocycles. The molecule has 8 aliphatic heterocycles. The molecule has 1 aliphatic carbocycles. The normalized spacial score (nSPS) is 20.7. The van der Waals surface area contributed by atoms with E-state index in [9.17, 15) is 10.2 Å². The lowest BCUT2D eigenvalue weighted by atomic mass is 9.83. The van der Waals surface area contributed by atoms with Crippen molar-refractivity contribution in [2.75, 3.05) is 128 Å². The van der Waals surface area contributed by atoms with Crippen LogP contribution < -0.4 is 43.1 Å². The summed E-state index contributed by atoms with van der Waals surface area (Å²) >= 11 is 0. The molecule has 21 rings (SSSR count). The third kappa shape index (κ3) is 16.3. The van der Waals surface area contributed by atoms with E-state index in [-0.39, 0.29) is 12.7 Å². The van der Waals surface area contributed by atoms with Crippen LogP contribution in [0.5, 0.6) is 34.9 Å². The summed E-state index contributed by atoms with van der Waals surface area (Å²) in [4.78, 5) is 57.8. The molecule has 30 heteroatoms. The Hall–Kier alpha value is -11.3. The van der Waals surface area contributed by atoms with E-state index in [2.05, 4.69) is 147 Å². The average molecular weight is 1500 g/mol. The molecule has 111 heavy (non-hydrogen) atoms. The summed E-state index contributed by atoms with van der Waals surface area (Å²) < 4.78 is 38.6. The minimum absolute atomic E-state index is 0.179. The van der Waals surface area contributed by atoms with Crippen molar-refractivity contribution in [3.63, 3.8) is 0 Å². The first-order valence-electron chi connectivity index (χ1n) is 38.1. The molecule has 0 aromatic carbocycles. The maximum absolute atomic E-state index is 9.55. The van der Waals surface area contributed by atoms with Crippen molar-refractivity contribution in [2.24, 2.45) is 11.8 Å². The highest BCUT2D eigenvalue weighted by atomic mass is 16.5. The Balaban J connectivity index is 0.000000121. The van der Waals surface area contributed by atoms with E-state index in [1.807, 2.05) is 79.9 Å². The van der Waals surface area contributed by atoms with Gasteiger partial charge in [-0.3, -0.25) is 14.7 Å². The summed E-state index contributed by atoms with van der Waals surface area (Å²) in [5.74, 6) is 8.07. The smallest absolute Gasteiger partial charge is 0.212 e. The Morgan fingerprint density at radius 3 is 1.18 bits per heavy atom. The van der Waals surface area contributed by atoms with Crippen LogP contribution in [0.4, 0.5) is 17.5 Å². The van der Waals surface area contributed by atoms with Crippen molar-refractivity contribution >= 4 is 34.4 Å². The van der Waals surface area contributed by atoms with Gasteiger partial charge in [0.15, 0.2) is 16.9 Å². The van der Waals surface area contributed by atoms with Gasteiger partial charge in [-0.1, -0.05) is 18.2 Å². The lowest BCUT2D eigenvalue weighted by molar-refractivity contribution is -0.00879. The molecule has 5 atom stereocenters. The van der Waals surface area contributed by atoms with Gasteiger partial charge in [0.25, 0.3) is 0 Å². The number of hydrogen-bond donors (Lipinski definition) is 2. The summed E-state index contributed by atoms with van der Waals surface area (Å²) in [6.45, 7) is 15.7. The monoisotopic (exact) mass is 1500 g/mol. The number of likely N-dealkylation sites (tertiary alicyclic amines) is 1. The standard InChI is InChI=1S/C28H32N8O2.C28H31N7O3.C25H29N7O3/c1-33-11-20(12-33)17-38-24-8-25(28-31-18-32-36(28)16-24)21-4-5-26(29-10-21)34-14-22-7-23(15-34)35(22)13-19-3-6-27(37-2)30-9-19;1-37-27-5-2-18(10-30-27)12-34-21-8-22(34)14-33(13-21)26-4-3-20(11-29-26)25-9-24(15-35-28(25)31-17-32-35)38-16-19-6-23(36)7-19;1-18(33)16-35-21-11-22(25-28-17-29-32(25)15-21)20-4-5-23(26-13-20)31-9-7-30(8-10-31)14-19-3-6-24(34-2)27-12-19/h3-6,8-10,16,18,20,22-23H,7,11-15,17H2,1-2H3;2-5,9-11,15,17,19,21-23,36H,6-8,12-14,16H2,1H3;3-6,11-13,15,17-18,33H,7-10,14,16H2,1-2H3/t;;18-/m..1/s1. The van der Waals surface area contributed by atoms with E-state index in [4.69, 9.17) is 43.4 Å². The Morgan fingerprint density at radius 1 is 0.423 bits per heavy atom. The molecular weight excluding hydrogens is 1410 g/mol. The van der Waals surface area contributed by atoms with E-state index >= 15 is 0 Å². The van der Waals surface area contributed by atoms with Crippen molar-refractivity contribution in [3.8, 4) is 68.3 Å². The summed E-state index contributed by atoms with van der Waals surface area (Å²) in [6, 6.07) is 32.7. The number of aliphatic hydroxyl groups excluding tert-OH is 2. The molecule has 0 amide bonds. The number of pyridine rings is 9. The second-order valence-corrected chi connectivity index (χ2v) is 30.1. The molecule has 1 saturated carbocycles. The first-order chi connectivity index (χ1) is 54.3. The maximum atomic E-state index is 9.55. The van der Waals surface area contributed by atoms with Crippen molar-refractivity contribution < 1.29 is 38.6 Å². The highest BCUT2D eigenvalue weighted by Gasteiger charge is 2.46. The predicted molar refractivity (Wildman–Crippen MR) is 416 cm³/mol. The van der Waals surface area contributed by atoms with Gasteiger partial charge < -0.3 is 58.2 Å². The summed E-state index contributed by atoms with van der Waals surface area (Å²) in [7, 11) is 7.05. The molecule has 9 aliphatic rings. The summed E-state index contributed by atoms with van der Waals surface area (Å²) in [5, 5.41) is 32.0. The maximum Gasteiger partial charge on any atom is 0.212 e. The average Bonchev–Trinajstić information content (AvgIpc) is 1.75. The first kappa shape index (κ1) is 72.6. The Labute approximate surface area is 642 Å². The third-order valence-corrected chi connectivity index (χ3v) is 22.2. The number of rotatable bonds is 24. The lowest BCUT2D eigenvalue weighted by Gasteiger charge is -2.56. The van der Waals surface area contributed by atoms with E-state index in [1.54, 1.807) is 60.7 Å². The van der Waals surface area contributed by atoms with Gasteiger partial charge in [-0.05, 0) is 117 Å². The second-order valence-electron chi connectivity index (χ2n) is 30.1. The molecule has 30 nitrogen and oxygen atoms in total. The second kappa shape index (κ2) is 32.3. The van der Waals surface area contributed by atoms with Crippen LogP contribution in [-0.4, -0.2) is 254 Å². The number of aromatic nitrogens is 15. The number of methoxy groups -OCH3 is 3. The molecule has 4 unspecified atom stereocenters. The molecule has 574 valence electrons. The van der Waals surface area contributed by atoms with Crippen molar-refractivity contribution in [1.29, 1.82) is 0 Å². The van der Waals surface area contributed by atoms with Gasteiger partial charge in [0, 0.05) is 204 Å². The van der Waals surface area contributed by atoms with Crippen LogP contribution in [0.25, 0.3) is 50.3 Å². The van der Waals surface area contributed by atoms with Crippen LogP contribution >= 0.6 is 0 Å². The van der Waals surface area contributed by atoms with Gasteiger partial charge in [0.05, 0.1) is 65.3 Å². The fourth-order valence-electron chi connectivity index (χ4n) is 16.1. The highest BCUT2D eigenvalue weighted by Crippen LogP contribution is 2.40. The number of hydrogen-bond acceptors (Lipinski definition) is 27. The van der Waals surface area contributed by atoms with E-state index < -0.39 is 6.10 Å². The molecule has 9 fully saturated rings. The molecular formula is C81H92N22O8. The van der Waals surface area contributed by atoms with Gasteiger partial charge in [-0.25, -0.2) is 58.4 Å². The molecule has 2 N–H and O–H groups in total. The van der Waals surface area contributed by atoms with Gasteiger partial charge in [-0.2, -0.15) is 15.3 Å². The number of ether oxygens (including phenoxy) is 6. The first-order valence-corrected chi connectivity index (χ1v) is 38.1. The third-order valence-electron chi connectivity index (χ3n) is 22.2. The quantitative estimate of drug-likeness (QED) is 0.0586. The number of piperazine rings is 3. The molecule has 4 bridgehead atoms. The fourth-order valence-corrected chi connectivity index (χ4v) is 16.1. The molecule has 0 radical (unpaired) electrons. The topological polar surface area (TPSA) is 286 Å². The zero-order chi connectivity index (χ0) is 75.5. The van der Waals surface area contributed by atoms with Crippen LogP contribution in [-0.2, 0) is 19.6 Å². The number of fused-ring (bicyclic) bond motifs is 7. The lowest BCUT2D eigenvalue weighted by Crippen LogP contribution is -2.68. The molecule has 0 spiro atoms. The molecule has 12 aromatic heterocycles. The van der Waals surface area contributed by atoms with Gasteiger partial charge in [-0.15, -0.1) is 0 Å². The Morgan fingerprint density at radius 2 is 0.820 bits per heavy atom. The van der Waals surface area contributed by atoms with E-state index in [0.717, 1.165) is 177 Å². The van der Waals surface area contributed by atoms with Crippen molar-refractivity contribution in [3.05, 3.63) is 182 Å². The minimum Gasteiger partial charge on any atom is -0.492 e. The fraction of sp³-hybridized carbons (Fsp3) is 0.407. The summed E-state index contributed by atoms with van der Waals surface area (Å²) in [6.07, 6.45) is 25.0. The number of piperidine rings is 2. The van der Waals surface area contributed by atoms with Crippen molar-refractivity contribution in [2.45, 2.75) is 88.6 Å². The van der Waals surface area contributed by atoms with Crippen LogP contribution in [0.2, 0.25) is 0 Å². The molecule has 8 saturated heterocycles. The molecule has 12 aromatic rings. The van der Waals surface area contributed by atoms with Crippen LogP contribution in [0.1, 0.15) is 49.3 Å².